The van der Waals surface area contributed by atoms with Crippen molar-refractivity contribution in [2.45, 2.75) is 39.3 Å². The average Bonchev–Trinajstić information content (AvgIpc) is 3.39. The third kappa shape index (κ3) is 3.52. The van der Waals surface area contributed by atoms with Crippen LogP contribution in [0.1, 0.15) is 36.0 Å². The van der Waals surface area contributed by atoms with Gasteiger partial charge in [0.1, 0.15) is 11.9 Å². The van der Waals surface area contributed by atoms with Crippen LogP contribution in [0, 0.1) is 6.92 Å². The van der Waals surface area contributed by atoms with Crippen LogP contribution in [0.3, 0.4) is 0 Å². The van der Waals surface area contributed by atoms with Crippen LogP contribution in [0.25, 0.3) is 0 Å². The number of furan rings is 1. The van der Waals surface area contributed by atoms with Gasteiger partial charge in [0.05, 0.1) is 18.5 Å². The van der Waals surface area contributed by atoms with Crippen LogP contribution in [-0.2, 0) is 16.1 Å². The number of hydrogen-bond acceptors (Lipinski definition) is 5. The van der Waals surface area contributed by atoms with E-state index in [4.69, 9.17) is 4.42 Å². The van der Waals surface area contributed by atoms with Gasteiger partial charge < -0.3 is 14.2 Å². The van der Waals surface area contributed by atoms with E-state index in [9.17, 15) is 14.4 Å². The lowest BCUT2D eigenvalue weighted by Crippen LogP contribution is -2.57. The number of carbonyl (C=O) groups is 3. The Kier molecular flexibility index (Phi) is 5.12. The van der Waals surface area contributed by atoms with E-state index in [1.165, 1.54) is 6.26 Å². The predicted octanol–water partition coefficient (Wildman–Crippen LogP) is 1.28. The normalized spacial score (nSPS) is 18.0. The molecule has 0 saturated carbocycles. The predicted molar refractivity (Wildman–Crippen MR) is 104 cm³/mol. The van der Waals surface area contributed by atoms with Crippen LogP contribution in [0.4, 0.5) is 5.82 Å². The second kappa shape index (κ2) is 7.73. The molecule has 2 aromatic heterocycles. The van der Waals surface area contributed by atoms with Crippen LogP contribution in [0.15, 0.2) is 28.9 Å². The molecule has 154 valence electrons. The summed E-state index contributed by atoms with van der Waals surface area (Å²) in [5, 5.41) is 4.42. The quantitative estimate of drug-likeness (QED) is 0.772. The molecule has 0 aromatic carbocycles. The summed E-state index contributed by atoms with van der Waals surface area (Å²) < 4.78 is 6.98. The molecule has 1 fully saturated rings. The number of fused-ring (bicyclic) bond motifs is 1. The first-order chi connectivity index (χ1) is 14.0. The molecule has 3 amide bonds. The fourth-order valence-corrected chi connectivity index (χ4v) is 4.04. The molecule has 4 heterocycles. The zero-order chi connectivity index (χ0) is 20.5. The van der Waals surface area contributed by atoms with Crippen LogP contribution in [0.2, 0.25) is 0 Å². The summed E-state index contributed by atoms with van der Waals surface area (Å²) in [5.41, 5.74) is 0.826. The second-order valence-corrected chi connectivity index (χ2v) is 7.40. The zero-order valence-corrected chi connectivity index (χ0v) is 16.7. The fourth-order valence-electron chi connectivity index (χ4n) is 4.04. The summed E-state index contributed by atoms with van der Waals surface area (Å²) in [6, 6.07) is 4.61. The molecule has 9 heteroatoms. The van der Waals surface area contributed by atoms with Crippen LogP contribution >= 0.6 is 0 Å². The molecule has 0 N–H and O–H groups in total. The summed E-state index contributed by atoms with van der Waals surface area (Å²) >= 11 is 0. The molecule has 2 aromatic rings. The van der Waals surface area contributed by atoms with E-state index in [2.05, 4.69) is 5.10 Å². The van der Waals surface area contributed by atoms with Crippen LogP contribution < -0.4 is 4.90 Å². The maximum atomic E-state index is 13.3. The minimum absolute atomic E-state index is 0.0516. The molecular formula is C20H25N5O4. The molecule has 9 nitrogen and oxygen atoms in total. The number of nitrogens with zero attached hydrogens (tertiary/aromatic N) is 5. The Morgan fingerprint density at radius 3 is 2.55 bits per heavy atom. The minimum atomic E-state index is -0.565. The van der Waals surface area contributed by atoms with Gasteiger partial charge in [-0.3, -0.25) is 19.3 Å². The molecule has 29 heavy (non-hydrogen) atoms. The first-order valence-corrected chi connectivity index (χ1v) is 9.97. The third-order valence-electron chi connectivity index (χ3n) is 5.53. The molecule has 0 unspecified atom stereocenters. The van der Waals surface area contributed by atoms with Gasteiger partial charge in [-0.25, -0.2) is 4.68 Å². The van der Waals surface area contributed by atoms with Gasteiger partial charge in [0.2, 0.25) is 11.8 Å². The van der Waals surface area contributed by atoms with Gasteiger partial charge in [-0.1, -0.05) is 6.92 Å². The highest BCUT2D eigenvalue weighted by atomic mass is 16.3. The monoisotopic (exact) mass is 399 g/mol. The third-order valence-corrected chi connectivity index (χ3v) is 5.53. The zero-order valence-electron chi connectivity index (χ0n) is 16.7. The van der Waals surface area contributed by atoms with Crippen molar-refractivity contribution in [1.82, 2.24) is 19.6 Å². The van der Waals surface area contributed by atoms with E-state index in [1.54, 1.807) is 31.5 Å². The average molecular weight is 399 g/mol. The van der Waals surface area contributed by atoms with E-state index < -0.39 is 6.04 Å². The molecule has 1 saturated heterocycles. The number of anilines is 1. The van der Waals surface area contributed by atoms with E-state index >= 15 is 0 Å². The Hall–Kier alpha value is -3.10. The van der Waals surface area contributed by atoms with Gasteiger partial charge in [0.15, 0.2) is 5.76 Å². The number of aryl methyl sites for hydroxylation is 2. The van der Waals surface area contributed by atoms with Crippen molar-refractivity contribution in [3.05, 3.63) is 35.9 Å². The van der Waals surface area contributed by atoms with E-state index in [1.807, 2.05) is 19.9 Å². The first kappa shape index (κ1) is 19.2. The minimum Gasteiger partial charge on any atom is -0.459 e. The van der Waals surface area contributed by atoms with Gasteiger partial charge in [-0.2, -0.15) is 5.10 Å². The van der Waals surface area contributed by atoms with Gasteiger partial charge >= 0.3 is 0 Å². The number of carbonyl (C=O) groups excluding carboxylic acids is 3. The number of aromatic nitrogens is 2. The van der Waals surface area contributed by atoms with Gasteiger partial charge in [-0.05, 0) is 25.5 Å². The van der Waals surface area contributed by atoms with Crippen molar-refractivity contribution in [3.8, 4) is 0 Å². The molecule has 2 aliphatic heterocycles. The Labute approximate surface area is 168 Å². The van der Waals surface area contributed by atoms with E-state index in [0.29, 0.717) is 57.1 Å². The highest BCUT2D eigenvalue weighted by Crippen LogP contribution is 2.27. The lowest BCUT2D eigenvalue weighted by atomic mass is 10.1. The lowest BCUT2D eigenvalue weighted by molar-refractivity contribution is -0.136. The number of hydrogen-bond donors (Lipinski definition) is 0. The van der Waals surface area contributed by atoms with Crippen molar-refractivity contribution in [2.75, 3.05) is 31.1 Å². The summed E-state index contributed by atoms with van der Waals surface area (Å²) in [6.45, 7) is 6.07. The van der Waals surface area contributed by atoms with Gasteiger partial charge in [-0.15, -0.1) is 0 Å². The summed E-state index contributed by atoms with van der Waals surface area (Å²) in [6.07, 6.45) is 2.32. The van der Waals surface area contributed by atoms with E-state index in [0.717, 1.165) is 5.69 Å². The molecule has 2 aliphatic rings. The summed E-state index contributed by atoms with van der Waals surface area (Å²) in [4.78, 5) is 43.4. The van der Waals surface area contributed by atoms with Crippen molar-refractivity contribution >= 4 is 23.5 Å². The van der Waals surface area contributed by atoms with Crippen molar-refractivity contribution in [2.24, 2.45) is 0 Å². The highest BCUT2D eigenvalue weighted by molar-refractivity contribution is 6.01. The maximum Gasteiger partial charge on any atom is 0.289 e. The van der Waals surface area contributed by atoms with Crippen molar-refractivity contribution in [1.29, 1.82) is 0 Å². The molecule has 0 bridgehead atoms. The van der Waals surface area contributed by atoms with Crippen LogP contribution in [-0.4, -0.2) is 69.5 Å². The van der Waals surface area contributed by atoms with Crippen molar-refractivity contribution in [3.63, 3.8) is 0 Å². The number of piperazine rings is 1. The van der Waals surface area contributed by atoms with E-state index in [-0.39, 0.29) is 17.7 Å². The number of amides is 3. The first-order valence-electron chi connectivity index (χ1n) is 9.97. The molecule has 0 aliphatic carbocycles. The topological polar surface area (TPSA) is 91.9 Å². The summed E-state index contributed by atoms with van der Waals surface area (Å²) in [7, 11) is 0. The highest BCUT2D eigenvalue weighted by Gasteiger charge is 2.38. The molecule has 0 radical (unpaired) electrons. The smallest absolute Gasteiger partial charge is 0.289 e. The largest absolute Gasteiger partial charge is 0.459 e. The second-order valence-electron chi connectivity index (χ2n) is 7.40. The molecule has 0 spiro atoms. The molecular weight excluding hydrogens is 374 g/mol. The SMILES string of the molecule is CC[C@@H](C(=O)N1CCN(C(=O)c2ccco2)CC1)N1C(=O)CCn2nc(C)cc21. The van der Waals surface area contributed by atoms with Crippen molar-refractivity contribution < 1.29 is 18.8 Å². The molecule has 4 rings (SSSR count). The Morgan fingerprint density at radius 1 is 1.17 bits per heavy atom. The summed E-state index contributed by atoms with van der Waals surface area (Å²) in [5.74, 6) is 0.687. The standard InChI is InChI=1S/C20H25N5O4/c1-3-15(25-17-13-14(2)21-24(17)7-6-18(25)26)19(27)22-8-10-23(11-9-22)20(28)16-5-4-12-29-16/h4-5,12-13,15H,3,6-11H2,1-2H3/t15-/m0/s1. The Balaban J connectivity index is 1.46. The van der Waals surface area contributed by atoms with Gasteiger partial charge in [0, 0.05) is 38.7 Å². The Morgan fingerprint density at radius 2 is 1.90 bits per heavy atom. The fraction of sp³-hybridized carbons (Fsp3) is 0.500. The van der Waals surface area contributed by atoms with Gasteiger partial charge in [0.25, 0.3) is 5.91 Å². The number of rotatable bonds is 4. The molecule has 1 atom stereocenters. The van der Waals surface area contributed by atoms with Crippen LogP contribution in [0.5, 0.6) is 0 Å². The Bertz CT molecular complexity index is 911. The lowest BCUT2D eigenvalue weighted by Gasteiger charge is -2.39. The maximum absolute atomic E-state index is 13.3.